The fourth-order valence-corrected chi connectivity index (χ4v) is 2.70. The van der Waals surface area contributed by atoms with Crippen LogP contribution >= 0.6 is 11.3 Å². The summed E-state index contributed by atoms with van der Waals surface area (Å²) in [5.74, 6) is -0.288. The van der Waals surface area contributed by atoms with Crippen molar-refractivity contribution in [2.45, 2.75) is 0 Å². The molecule has 0 aliphatic heterocycles. The Labute approximate surface area is 118 Å². The molecule has 5 heteroatoms. The number of carbonyl (C=O) groups excluding carboxylic acids is 1. The van der Waals surface area contributed by atoms with E-state index >= 15 is 0 Å². The van der Waals surface area contributed by atoms with Gasteiger partial charge >= 0.3 is 0 Å². The zero-order valence-corrected chi connectivity index (χ0v) is 11.2. The molecule has 0 atom stereocenters. The van der Waals surface area contributed by atoms with Crippen LogP contribution in [0, 0.1) is 0 Å². The molecule has 1 amide bonds. The minimum atomic E-state index is -0.288. The molecule has 0 radical (unpaired) electrons. The molecule has 1 aromatic carbocycles. The van der Waals surface area contributed by atoms with Gasteiger partial charge in [-0.3, -0.25) is 14.6 Å². The van der Waals surface area contributed by atoms with E-state index < -0.39 is 0 Å². The summed E-state index contributed by atoms with van der Waals surface area (Å²) in [7, 11) is 0. The largest absolute Gasteiger partial charge is 0.321 e. The van der Waals surface area contributed by atoms with E-state index in [9.17, 15) is 9.59 Å². The van der Waals surface area contributed by atoms with Crippen molar-refractivity contribution in [1.82, 2.24) is 4.98 Å². The van der Waals surface area contributed by atoms with Gasteiger partial charge in [-0.25, -0.2) is 0 Å². The second-order valence-electron chi connectivity index (χ2n) is 4.18. The first-order valence-electron chi connectivity index (χ1n) is 5.98. The maximum absolute atomic E-state index is 12.1. The number of benzene rings is 1. The number of nitrogens with one attached hydrogen (secondary N) is 1. The van der Waals surface area contributed by atoms with Crippen molar-refractivity contribution in [1.29, 1.82) is 0 Å². The van der Waals surface area contributed by atoms with Gasteiger partial charge in [0.15, 0.2) is 0 Å². The van der Waals surface area contributed by atoms with Gasteiger partial charge in [0.05, 0.1) is 4.88 Å². The Bertz CT molecular complexity index is 828. The normalized spacial score (nSPS) is 10.4. The molecule has 1 N–H and O–H groups in total. The number of aromatic nitrogens is 1. The Morgan fingerprint density at radius 3 is 2.65 bits per heavy atom. The maximum Gasteiger partial charge on any atom is 0.265 e. The molecule has 98 valence electrons. The summed E-state index contributed by atoms with van der Waals surface area (Å²) >= 11 is 0.951. The highest BCUT2D eigenvalue weighted by atomic mass is 32.1. The van der Waals surface area contributed by atoms with Gasteiger partial charge in [-0.2, -0.15) is 0 Å². The lowest BCUT2D eigenvalue weighted by Gasteiger charge is -2.04. The number of fused-ring (bicyclic) bond motifs is 1. The van der Waals surface area contributed by atoms with Gasteiger partial charge < -0.3 is 5.32 Å². The quantitative estimate of drug-likeness (QED) is 0.786. The predicted octanol–water partition coefficient (Wildman–Crippen LogP) is 2.91. The van der Waals surface area contributed by atoms with E-state index in [1.807, 2.05) is 18.2 Å². The zero-order chi connectivity index (χ0) is 13.9. The van der Waals surface area contributed by atoms with Crippen LogP contribution in [0.15, 0.2) is 59.7 Å². The van der Waals surface area contributed by atoms with Crippen LogP contribution in [0.2, 0.25) is 0 Å². The van der Waals surface area contributed by atoms with Gasteiger partial charge in [-0.1, -0.05) is 29.5 Å². The van der Waals surface area contributed by atoms with E-state index in [4.69, 9.17) is 0 Å². The number of carbonyl (C=O) groups is 1. The Hall–Kier alpha value is -2.53. The summed E-state index contributed by atoms with van der Waals surface area (Å²) in [6.07, 6.45) is 3.19. The molecule has 0 fully saturated rings. The van der Waals surface area contributed by atoms with Crippen molar-refractivity contribution in [3.63, 3.8) is 0 Å². The molecule has 0 saturated carbocycles. The predicted molar refractivity (Wildman–Crippen MR) is 80.3 cm³/mol. The lowest BCUT2D eigenvalue weighted by molar-refractivity contribution is 0.103. The second kappa shape index (κ2) is 5.22. The summed E-state index contributed by atoms with van der Waals surface area (Å²) in [5, 5.41) is 4.15. The average molecular weight is 282 g/mol. The molecule has 20 heavy (non-hydrogen) atoms. The van der Waals surface area contributed by atoms with Crippen LogP contribution in [-0.4, -0.2) is 10.9 Å². The van der Waals surface area contributed by atoms with E-state index in [1.54, 1.807) is 36.7 Å². The monoisotopic (exact) mass is 282 g/mol. The van der Waals surface area contributed by atoms with Crippen molar-refractivity contribution >= 4 is 33.7 Å². The molecule has 0 aliphatic rings. The lowest BCUT2D eigenvalue weighted by atomic mass is 10.2. The molecule has 0 aliphatic carbocycles. The third kappa shape index (κ3) is 2.44. The van der Waals surface area contributed by atoms with E-state index in [2.05, 4.69) is 10.3 Å². The van der Waals surface area contributed by atoms with E-state index in [-0.39, 0.29) is 10.6 Å². The van der Waals surface area contributed by atoms with Crippen molar-refractivity contribution in [2.24, 2.45) is 0 Å². The molecule has 0 spiro atoms. The summed E-state index contributed by atoms with van der Waals surface area (Å²) < 4.78 is -0.108. The van der Waals surface area contributed by atoms with Crippen LogP contribution in [0.3, 0.4) is 0 Å². The molecule has 4 nitrogen and oxygen atoms in total. The Balaban J connectivity index is 1.98. The van der Waals surface area contributed by atoms with Gasteiger partial charge in [-0.05, 0) is 29.7 Å². The summed E-state index contributed by atoms with van der Waals surface area (Å²) in [5.41, 5.74) is 0.651. The standard InChI is InChI=1S/C15H10N2O2S/c18-14(17-11-5-7-16-8-6-11)13-9-10-3-1-2-4-12(10)15(19)20-13/h1-9H,(H,16,17,18). The van der Waals surface area contributed by atoms with Crippen LogP contribution in [0.5, 0.6) is 0 Å². The van der Waals surface area contributed by atoms with Crippen LogP contribution in [-0.2, 0) is 0 Å². The number of hydrogen-bond donors (Lipinski definition) is 1. The van der Waals surface area contributed by atoms with Crippen LogP contribution in [0.1, 0.15) is 9.67 Å². The molecule has 2 heterocycles. The van der Waals surface area contributed by atoms with E-state index in [0.29, 0.717) is 16.0 Å². The first-order valence-corrected chi connectivity index (χ1v) is 6.80. The Morgan fingerprint density at radius 2 is 1.85 bits per heavy atom. The smallest absolute Gasteiger partial charge is 0.265 e. The van der Waals surface area contributed by atoms with Crippen molar-refractivity contribution < 1.29 is 4.79 Å². The maximum atomic E-state index is 12.1. The van der Waals surface area contributed by atoms with Crippen LogP contribution in [0.4, 0.5) is 5.69 Å². The molecule has 0 unspecified atom stereocenters. The average Bonchev–Trinajstić information content (AvgIpc) is 2.48. The number of pyridine rings is 1. The first kappa shape index (κ1) is 12.5. The molecule has 2 aromatic heterocycles. The van der Waals surface area contributed by atoms with Gasteiger partial charge in [0.25, 0.3) is 5.91 Å². The number of hydrogen-bond acceptors (Lipinski definition) is 4. The molecule has 0 bridgehead atoms. The van der Waals surface area contributed by atoms with Crippen molar-refractivity contribution in [3.8, 4) is 0 Å². The Kier molecular flexibility index (Phi) is 3.26. The van der Waals surface area contributed by atoms with Gasteiger partial charge in [-0.15, -0.1) is 0 Å². The van der Waals surface area contributed by atoms with Crippen LogP contribution in [0.25, 0.3) is 10.8 Å². The highest BCUT2D eigenvalue weighted by Crippen LogP contribution is 2.16. The van der Waals surface area contributed by atoms with Gasteiger partial charge in [0.2, 0.25) is 4.74 Å². The summed E-state index contributed by atoms with van der Waals surface area (Å²) in [4.78, 5) is 28.4. The van der Waals surface area contributed by atoms with E-state index in [1.165, 1.54) is 0 Å². The molecule has 3 rings (SSSR count). The number of anilines is 1. The highest BCUT2D eigenvalue weighted by molar-refractivity contribution is 7.12. The van der Waals surface area contributed by atoms with Gasteiger partial charge in [0.1, 0.15) is 0 Å². The molecular formula is C15H10N2O2S. The topological polar surface area (TPSA) is 59.1 Å². The minimum Gasteiger partial charge on any atom is -0.321 e. The van der Waals surface area contributed by atoms with Gasteiger partial charge in [0, 0.05) is 23.5 Å². The Morgan fingerprint density at radius 1 is 1.10 bits per heavy atom. The fourth-order valence-electron chi connectivity index (χ4n) is 1.87. The third-order valence-electron chi connectivity index (χ3n) is 2.83. The van der Waals surface area contributed by atoms with E-state index in [0.717, 1.165) is 16.7 Å². The number of amides is 1. The summed E-state index contributed by atoms with van der Waals surface area (Å²) in [6.45, 7) is 0. The molecular weight excluding hydrogens is 272 g/mol. The fraction of sp³-hybridized carbons (Fsp3) is 0. The number of nitrogens with zero attached hydrogens (tertiary/aromatic N) is 1. The minimum absolute atomic E-state index is 0.108. The zero-order valence-electron chi connectivity index (χ0n) is 10.4. The highest BCUT2D eigenvalue weighted by Gasteiger charge is 2.10. The molecule has 0 saturated heterocycles. The van der Waals surface area contributed by atoms with Crippen LogP contribution < -0.4 is 10.1 Å². The third-order valence-corrected chi connectivity index (χ3v) is 3.76. The SMILES string of the molecule is O=C(Nc1ccncc1)c1cc2ccccc2c(=O)s1. The molecule has 3 aromatic rings. The lowest BCUT2D eigenvalue weighted by Crippen LogP contribution is -2.12. The first-order chi connectivity index (χ1) is 9.74. The van der Waals surface area contributed by atoms with Crippen molar-refractivity contribution in [2.75, 3.05) is 5.32 Å². The number of rotatable bonds is 2. The summed E-state index contributed by atoms with van der Waals surface area (Å²) in [6, 6.07) is 12.4. The second-order valence-corrected chi connectivity index (χ2v) is 5.19. The van der Waals surface area contributed by atoms with Crippen molar-refractivity contribution in [3.05, 3.63) is 69.3 Å².